The molecule has 2 atom stereocenters. The van der Waals surface area contributed by atoms with Gasteiger partial charge in [0.1, 0.15) is 0 Å². The number of hydrogen-bond acceptors (Lipinski definition) is 4. The number of guanidine groups is 1. The number of nitrogens with zero attached hydrogens (tertiary/aromatic N) is 3. The van der Waals surface area contributed by atoms with Gasteiger partial charge in [-0.15, -0.1) is 0 Å². The topological polar surface area (TPSA) is 74.5 Å². The number of nitrogens with one attached hydrogen (secondary N) is 2. The monoisotopic (exact) mass is 365 g/mol. The molecule has 2 aliphatic rings. The quantitative estimate of drug-likeness (QED) is 0.547. The first-order valence-electron chi connectivity index (χ1n) is 9.41. The number of rotatable bonds is 5. The molecule has 0 amide bonds. The Balaban J connectivity index is 1.62. The average Bonchev–Trinajstić information content (AvgIpc) is 3.19. The van der Waals surface area contributed by atoms with Crippen molar-refractivity contribution in [2.75, 3.05) is 24.6 Å². The number of thioether (sulfide) groups is 1. The predicted molar refractivity (Wildman–Crippen MR) is 104 cm³/mol. The lowest BCUT2D eigenvalue weighted by Gasteiger charge is -2.25. The van der Waals surface area contributed by atoms with Crippen molar-refractivity contribution in [2.24, 2.45) is 4.99 Å². The van der Waals surface area contributed by atoms with Gasteiger partial charge >= 0.3 is 0 Å². The first-order valence-corrected chi connectivity index (χ1v) is 10.6. The van der Waals surface area contributed by atoms with Crippen molar-refractivity contribution in [1.82, 2.24) is 20.4 Å². The third kappa shape index (κ3) is 4.70. The minimum atomic E-state index is -0.636. The standard InChI is InChI=1S/C18H31N5OS/c1-4-19-17(20-11-18(24)7-8-25-12-18)21-15-6-5-14-10-23(13(2)3)22-16(14)9-15/h10,13,15,24H,4-9,11-12H2,1-3H3,(H2,19,20,21). The predicted octanol–water partition coefficient (Wildman–Crippen LogP) is 1.74. The number of aromatic nitrogens is 2. The van der Waals surface area contributed by atoms with Gasteiger partial charge in [-0.1, -0.05) is 0 Å². The van der Waals surface area contributed by atoms with Gasteiger partial charge in [-0.2, -0.15) is 16.9 Å². The van der Waals surface area contributed by atoms with Gasteiger partial charge in [0, 0.05) is 37.0 Å². The smallest absolute Gasteiger partial charge is 0.191 e. The van der Waals surface area contributed by atoms with Gasteiger partial charge in [0.05, 0.1) is 17.8 Å². The van der Waals surface area contributed by atoms with Crippen molar-refractivity contribution in [3.63, 3.8) is 0 Å². The summed E-state index contributed by atoms with van der Waals surface area (Å²) in [6, 6.07) is 0.745. The average molecular weight is 366 g/mol. The van der Waals surface area contributed by atoms with Crippen LogP contribution in [0.1, 0.15) is 50.9 Å². The molecular formula is C18H31N5OS. The number of aliphatic imine (C=N–C) groups is 1. The van der Waals surface area contributed by atoms with Crippen molar-refractivity contribution in [2.45, 2.75) is 64.1 Å². The number of hydrogen-bond donors (Lipinski definition) is 3. The molecule has 2 heterocycles. The highest BCUT2D eigenvalue weighted by Gasteiger charge is 2.31. The van der Waals surface area contributed by atoms with Crippen LogP contribution in [-0.2, 0) is 12.8 Å². The molecule has 6 nitrogen and oxygen atoms in total. The Bertz CT molecular complexity index is 607. The Labute approximate surface area is 154 Å². The van der Waals surface area contributed by atoms with E-state index in [0.29, 0.717) is 18.6 Å². The van der Waals surface area contributed by atoms with Gasteiger partial charge in [-0.3, -0.25) is 9.67 Å². The second kappa shape index (κ2) is 7.99. The molecule has 1 saturated heterocycles. The Morgan fingerprint density at radius 2 is 2.40 bits per heavy atom. The molecule has 0 radical (unpaired) electrons. The third-order valence-electron chi connectivity index (χ3n) is 4.92. The first-order chi connectivity index (χ1) is 12.0. The number of aryl methyl sites for hydroxylation is 1. The molecule has 1 aromatic rings. The molecule has 3 N–H and O–H groups in total. The van der Waals surface area contributed by atoms with Crippen LogP contribution in [0.5, 0.6) is 0 Å². The van der Waals surface area contributed by atoms with E-state index in [-0.39, 0.29) is 0 Å². The maximum absolute atomic E-state index is 10.5. The van der Waals surface area contributed by atoms with Crippen molar-refractivity contribution in [1.29, 1.82) is 0 Å². The number of aliphatic hydroxyl groups is 1. The summed E-state index contributed by atoms with van der Waals surface area (Å²) in [6.45, 7) is 7.68. The van der Waals surface area contributed by atoms with Crippen LogP contribution in [0.3, 0.4) is 0 Å². The van der Waals surface area contributed by atoms with Gasteiger partial charge in [0.15, 0.2) is 5.96 Å². The molecule has 2 unspecified atom stereocenters. The molecule has 0 saturated carbocycles. The highest BCUT2D eigenvalue weighted by molar-refractivity contribution is 7.99. The van der Waals surface area contributed by atoms with Crippen LogP contribution < -0.4 is 10.6 Å². The van der Waals surface area contributed by atoms with Gasteiger partial charge < -0.3 is 15.7 Å². The SMILES string of the molecule is CCNC(=NCC1(O)CCSC1)NC1CCc2cn(C(C)C)nc2C1. The summed E-state index contributed by atoms with van der Waals surface area (Å²) < 4.78 is 2.07. The minimum absolute atomic E-state index is 0.341. The Morgan fingerprint density at radius 3 is 3.08 bits per heavy atom. The molecule has 0 spiro atoms. The highest BCUT2D eigenvalue weighted by atomic mass is 32.2. The van der Waals surface area contributed by atoms with E-state index in [9.17, 15) is 5.11 Å². The van der Waals surface area contributed by atoms with E-state index < -0.39 is 5.60 Å². The fraction of sp³-hybridized carbons (Fsp3) is 0.778. The molecule has 7 heteroatoms. The maximum Gasteiger partial charge on any atom is 0.191 e. The molecule has 1 aliphatic heterocycles. The van der Waals surface area contributed by atoms with Crippen molar-refractivity contribution >= 4 is 17.7 Å². The van der Waals surface area contributed by atoms with Crippen molar-refractivity contribution < 1.29 is 5.11 Å². The highest BCUT2D eigenvalue weighted by Crippen LogP contribution is 2.28. The van der Waals surface area contributed by atoms with Crippen LogP contribution in [-0.4, -0.2) is 57.1 Å². The molecule has 3 rings (SSSR count). The lowest BCUT2D eigenvalue weighted by Crippen LogP contribution is -2.46. The van der Waals surface area contributed by atoms with Crippen LogP contribution in [0.4, 0.5) is 0 Å². The lowest BCUT2D eigenvalue weighted by molar-refractivity contribution is 0.0778. The Kier molecular flexibility index (Phi) is 5.94. The van der Waals surface area contributed by atoms with E-state index in [0.717, 1.165) is 49.7 Å². The molecule has 0 bridgehead atoms. The largest absolute Gasteiger partial charge is 0.387 e. The van der Waals surface area contributed by atoms with Gasteiger partial charge in [0.25, 0.3) is 0 Å². The Hall–Kier alpha value is -1.21. The lowest BCUT2D eigenvalue weighted by atomic mass is 9.94. The summed E-state index contributed by atoms with van der Waals surface area (Å²) in [6.07, 6.45) is 6.10. The zero-order chi connectivity index (χ0) is 17.9. The van der Waals surface area contributed by atoms with Gasteiger partial charge in [-0.05, 0) is 51.3 Å². The summed E-state index contributed by atoms with van der Waals surface area (Å²) in [5.74, 6) is 2.62. The summed E-state index contributed by atoms with van der Waals surface area (Å²) in [7, 11) is 0. The van der Waals surface area contributed by atoms with Crippen LogP contribution in [0.25, 0.3) is 0 Å². The molecule has 140 valence electrons. The van der Waals surface area contributed by atoms with Crippen LogP contribution in [0.2, 0.25) is 0 Å². The van der Waals surface area contributed by atoms with E-state index in [2.05, 4.69) is 47.3 Å². The number of fused-ring (bicyclic) bond motifs is 1. The zero-order valence-corrected chi connectivity index (χ0v) is 16.4. The van der Waals surface area contributed by atoms with Gasteiger partial charge in [0.2, 0.25) is 0 Å². The summed E-state index contributed by atoms with van der Waals surface area (Å²) in [5, 5.41) is 22.1. The van der Waals surface area contributed by atoms with E-state index in [1.165, 1.54) is 11.3 Å². The normalized spacial score (nSPS) is 26.8. The summed E-state index contributed by atoms with van der Waals surface area (Å²) in [5.41, 5.74) is 1.95. The van der Waals surface area contributed by atoms with Crippen molar-refractivity contribution in [3.05, 3.63) is 17.5 Å². The fourth-order valence-electron chi connectivity index (χ4n) is 3.36. The fourth-order valence-corrected chi connectivity index (χ4v) is 4.65. The molecule has 25 heavy (non-hydrogen) atoms. The zero-order valence-electron chi connectivity index (χ0n) is 15.6. The van der Waals surface area contributed by atoms with Crippen LogP contribution in [0.15, 0.2) is 11.2 Å². The maximum atomic E-state index is 10.5. The van der Waals surface area contributed by atoms with E-state index >= 15 is 0 Å². The van der Waals surface area contributed by atoms with E-state index in [1.807, 2.05) is 11.8 Å². The third-order valence-corrected chi connectivity index (χ3v) is 6.16. The van der Waals surface area contributed by atoms with Crippen LogP contribution in [0, 0.1) is 0 Å². The summed E-state index contributed by atoms with van der Waals surface area (Å²) in [4.78, 5) is 4.66. The summed E-state index contributed by atoms with van der Waals surface area (Å²) >= 11 is 1.81. The molecule has 1 fully saturated rings. The first kappa shape index (κ1) is 18.6. The molecule has 0 aromatic carbocycles. The second-order valence-corrected chi connectivity index (χ2v) is 8.59. The Morgan fingerprint density at radius 1 is 1.56 bits per heavy atom. The van der Waals surface area contributed by atoms with Gasteiger partial charge in [-0.25, -0.2) is 0 Å². The molecular weight excluding hydrogens is 334 g/mol. The van der Waals surface area contributed by atoms with E-state index in [1.54, 1.807) is 0 Å². The van der Waals surface area contributed by atoms with Crippen LogP contribution >= 0.6 is 11.8 Å². The minimum Gasteiger partial charge on any atom is -0.387 e. The second-order valence-electron chi connectivity index (χ2n) is 7.48. The molecule has 1 aliphatic carbocycles. The van der Waals surface area contributed by atoms with E-state index in [4.69, 9.17) is 5.10 Å². The van der Waals surface area contributed by atoms with Crippen molar-refractivity contribution in [3.8, 4) is 0 Å². The molecule has 1 aromatic heterocycles.